The van der Waals surface area contributed by atoms with Crippen LogP contribution in [0.2, 0.25) is 10.0 Å². The average molecular weight is 574 g/mol. The molecule has 180 valence electrons. The largest absolute Gasteiger partial charge is 0.526 e. The predicted octanol–water partition coefficient (Wildman–Crippen LogP) is 5.09. The van der Waals surface area contributed by atoms with Crippen LogP contribution >= 0.6 is 39.1 Å². The van der Waals surface area contributed by atoms with E-state index in [0.29, 0.717) is 17.3 Å². The maximum atomic E-state index is 9.56. The Balaban J connectivity index is 0.000000190. The lowest BCUT2D eigenvalue weighted by Gasteiger charge is -2.06. The van der Waals surface area contributed by atoms with Gasteiger partial charge < -0.3 is 38.6 Å². The Labute approximate surface area is 214 Å². The molecule has 0 amide bonds. The molecule has 0 aliphatic heterocycles. The topological polar surface area (TPSA) is 126 Å². The number of methoxy groups -OCH3 is 2. The molecule has 2 heterocycles. The normalized spacial score (nSPS) is 9.85. The first-order chi connectivity index (χ1) is 16.2. The summed E-state index contributed by atoms with van der Waals surface area (Å²) in [6.45, 7) is 0. The molecule has 0 fully saturated rings. The third-order valence-corrected chi connectivity index (χ3v) is 5.27. The summed E-state index contributed by atoms with van der Waals surface area (Å²) < 4.78 is 20.4. The van der Waals surface area contributed by atoms with Crippen molar-refractivity contribution in [2.75, 3.05) is 14.2 Å². The SMILES string of the molecule is COc1cc(-c2ccco2)cc(O)c1Cl.COc1cc(Br)cc(O)c1Cl.OB(O)c1ccco1. The number of benzene rings is 2. The molecule has 12 heteroatoms. The Kier molecular flexibility index (Phi) is 10.7. The van der Waals surface area contributed by atoms with Crippen molar-refractivity contribution in [1.82, 2.24) is 0 Å². The highest BCUT2D eigenvalue weighted by molar-refractivity contribution is 9.10. The number of hydrogen-bond acceptors (Lipinski definition) is 8. The molecule has 0 unspecified atom stereocenters. The van der Waals surface area contributed by atoms with Crippen molar-refractivity contribution in [3.8, 4) is 34.3 Å². The summed E-state index contributed by atoms with van der Waals surface area (Å²) in [7, 11) is 1.50. The summed E-state index contributed by atoms with van der Waals surface area (Å²) in [4.78, 5) is 0. The van der Waals surface area contributed by atoms with Gasteiger partial charge in [0.05, 0.1) is 26.7 Å². The Morgan fingerprint density at radius 1 is 0.824 bits per heavy atom. The van der Waals surface area contributed by atoms with Gasteiger partial charge in [-0.05, 0) is 48.5 Å². The van der Waals surface area contributed by atoms with Gasteiger partial charge in [0.2, 0.25) is 0 Å². The number of halogens is 3. The molecule has 4 aromatic rings. The van der Waals surface area contributed by atoms with Gasteiger partial charge >= 0.3 is 7.12 Å². The molecule has 0 saturated carbocycles. The fourth-order valence-corrected chi connectivity index (χ4v) is 3.25. The van der Waals surface area contributed by atoms with Crippen LogP contribution in [0.4, 0.5) is 0 Å². The van der Waals surface area contributed by atoms with E-state index >= 15 is 0 Å². The van der Waals surface area contributed by atoms with Crippen molar-refractivity contribution in [3.05, 3.63) is 75.6 Å². The molecule has 0 aliphatic rings. The van der Waals surface area contributed by atoms with Crippen LogP contribution in [-0.2, 0) is 0 Å². The zero-order valence-corrected chi connectivity index (χ0v) is 21.0. The zero-order chi connectivity index (χ0) is 25.3. The Bertz CT molecular complexity index is 1170. The minimum Gasteiger partial charge on any atom is -0.506 e. The van der Waals surface area contributed by atoms with E-state index in [1.165, 1.54) is 38.7 Å². The lowest BCUT2D eigenvalue weighted by molar-refractivity contribution is 0.407. The Hall–Kier alpha value is -2.76. The van der Waals surface area contributed by atoms with Crippen LogP contribution in [-0.4, -0.2) is 41.6 Å². The maximum absolute atomic E-state index is 9.56. The molecule has 4 rings (SSSR count). The van der Waals surface area contributed by atoms with E-state index in [1.54, 1.807) is 36.6 Å². The fraction of sp³-hybridized carbons (Fsp3) is 0.0909. The van der Waals surface area contributed by atoms with Gasteiger partial charge in [-0.2, -0.15) is 0 Å². The highest BCUT2D eigenvalue weighted by atomic mass is 79.9. The number of phenols is 2. The molecule has 0 aliphatic carbocycles. The summed E-state index contributed by atoms with van der Waals surface area (Å²) in [5, 5.41) is 35.9. The minimum absolute atomic E-state index is 0.0119. The monoisotopic (exact) mass is 572 g/mol. The highest BCUT2D eigenvalue weighted by Gasteiger charge is 2.13. The van der Waals surface area contributed by atoms with Gasteiger partial charge in [-0.3, -0.25) is 0 Å². The standard InChI is InChI=1S/C11H9ClO3.C7H6BrClO2.C4H5BO3/c1-14-10-6-7(5-8(13)11(10)12)9-3-2-4-15-9;1-11-6-3-4(8)2-5(10)7(6)9;6-5(7)4-2-1-3-8-4/h2-6,13H,1H3;2-3,10H,1H3;1-3,6-7H. The molecule has 0 radical (unpaired) electrons. The van der Waals surface area contributed by atoms with Gasteiger partial charge in [-0.15, -0.1) is 0 Å². The molecule has 2 aromatic heterocycles. The van der Waals surface area contributed by atoms with E-state index in [1.807, 2.05) is 0 Å². The van der Waals surface area contributed by atoms with E-state index in [-0.39, 0.29) is 27.2 Å². The van der Waals surface area contributed by atoms with Crippen LogP contribution in [0.1, 0.15) is 0 Å². The number of furan rings is 2. The predicted molar refractivity (Wildman–Crippen MR) is 133 cm³/mol. The van der Waals surface area contributed by atoms with Crippen LogP contribution in [0.15, 0.2) is 74.4 Å². The van der Waals surface area contributed by atoms with Crippen molar-refractivity contribution < 1.29 is 38.6 Å². The summed E-state index contributed by atoms with van der Waals surface area (Å²) >= 11 is 14.7. The third kappa shape index (κ3) is 7.64. The van der Waals surface area contributed by atoms with E-state index in [4.69, 9.17) is 47.1 Å². The molecular weight excluding hydrogens is 554 g/mol. The van der Waals surface area contributed by atoms with Crippen LogP contribution in [0.25, 0.3) is 11.3 Å². The molecule has 0 bridgehead atoms. The highest BCUT2D eigenvalue weighted by Crippen LogP contribution is 2.38. The quantitative estimate of drug-likeness (QED) is 0.249. The number of phenolic OH excluding ortho intramolecular Hbond substituents is 2. The number of ether oxygens (including phenoxy) is 2. The second-order valence-electron chi connectivity index (χ2n) is 6.32. The summed E-state index contributed by atoms with van der Waals surface area (Å²) in [6.07, 6.45) is 2.95. The van der Waals surface area contributed by atoms with Gasteiger partial charge in [0.1, 0.15) is 44.5 Å². The Morgan fingerprint density at radius 2 is 1.38 bits per heavy atom. The second kappa shape index (κ2) is 13.2. The minimum atomic E-state index is -1.48. The smallest absolute Gasteiger partial charge is 0.506 e. The maximum Gasteiger partial charge on any atom is 0.526 e. The summed E-state index contributed by atoms with van der Waals surface area (Å²) in [5.41, 5.74) is 0.892. The fourth-order valence-electron chi connectivity index (χ4n) is 2.45. The lowest BCUT2D eigenvalue weighted by atomic mass is 9.88. The van der Waals surface area contributed by atoms with E-state index in [2.05, 4.69) is 20.3 Å². The van der Waals surface area contributed by atoms with Crippen LogP contribution in [0.5, 0.6) is 23.0 Å². The summed E-state index contributed by atoms with van der Waals surface area (Å²) in [6, 6.07) is 13.1. The number of aromatic hydroxyl groups is 2. The van der Waals surface area contributed by atoms with E-state index < -0.39 is 7.12 Å². The molecule has 8 nitrogen and oxygen atoms in total. The molecular formula is C22H20BBrCl2O8. The van der Waals surface area contributed by atoms with Gasteiger partial charge in [-0.1, -0.05) is 39.1 Å². The van der Waals surface area contributed by atoms with E-state index in [0.717, 1.165) is 10.0 Å². The average Bonchev–Trinajstić information content (AvgIpc) is 3.53. The van der Waals surface area contributed by atoms with Gasteiger partial charge in [-0.25, -0.2) is 0 Å². The van der Waals surface area contributed by atoms with Crippen molar-refractivity contribution in [3.63, 3.8) is 0 Å². The van der Waals surface area contributed by atoms with Crippen LogP contribution < -0.4 is 15.1 Å². The van der Waals surface area contributed by atoms with Crippen molar-refractivity contribution in [2.45, 2.75) is 0 Å². The first-order valence-corrected chi connectivity index (χ1v) is 10.9. The van der Waals surface area contributed by atoms with E-state index in [9.17, 15) is 10.2 Å². The van der Waals surface area contributed by atoms with Crippen LogP contribution in [0, 0.1) is 0 Å². The zero-order valence-electron chi connectivity index (χ0n) is 17.9. The molecule has 0 spiro atoms. The lowest BCUT2D eigenvalue weighted by Crippen LogP contribution is -2.27. The molecule has 34 heavy (non-hydrogen) atoms. The number of hydrogen-bond donors (Lipinski definition) is 4. The van der Waals surface area contributed by atoms with Crippen molar-refractivity contribution >= 4 is 51.9 Å². The first-order valence-electron chi connectivity index (χ1n) is 9.39. The first kappa shape index (κ1) is 27.5. The molecule has 4 N–H and O–H groups in total. The molecule has 2 aromatic carbocycles. The van der Waals surface area contributed by atoms with Gasteiger partial charge in [0.15, 0.2) is 0 Å². The van der Waals surface area contributed by atoms with Crippen LogP contribution in [0.3, 0.4) is 0 Å². The Morgan fingerprint density at radius 3 is 1.85 bits per heavy atom. The van der Waals surface area contributed by atoms with Crippen molar-refractivity contribution in [2.24, 2.45) is 0 Å². The molecule has 0 atom stereocenters. The second-order valence-corrected chi connectivity index (χ2v) is 7.99. The molecule has 0 saturated heterocycles. The number of rotatable bonds is 4. The third-order valence-electron chi connectivity index (χ3n) is 4.05. The van der Waals surface area contributed by atoms with Crippen molar-refractivity contribution in [1.29, 1.82) is 0 Å². The van der Waals surface area contributed by atoms with Gasteiger partial charge in [0, 0.05) is 10.0 Å². The summed E-state index contributed by atoms with van der Waals surface area (Å²) in [5.74, 6) is 1.52. The van der Waals surface area contributed by atoms with Gasteiger partial charge in [0.25, 0.3) is 0 Å².